The van der Waals surface area contributed by atoms with Crippen molar-refractivity contribution < 1.29 is 9.53 Å². The fourth-order valence-electron chi connectivity index (χ4n) is 3.65. The minimum Gasteiger partial charge on any atom is -0.484 e. The lowest BCUT2D eigenvalue weighted by atomic mass is 10.1. The van der Waals surface area contributed by atoms with Crippen LogP contribution in [0, 0.1) is 13.8 Å². The van der Waals surface area contributed by atoms with Gasteiger partial charge in [-0.05, 0) is 73.9 Å². The van der Waals surface area contributed by atoms with Crippen molar-refractivity contribution in [1.29, 1.82) is 0 Å². The third-order valence-electron chi connectivity index (χ3n) is 5.64. The first-order chi connectivity index (χ1) is 17.3. The Bertz CT molecular complexity index is 1360. The molecule has 1 aromatic heterocycles. The van der Waals surface area contributed by atoms with Crippen molar-refractivity contribution in [2.45, 2.75) is 37.7 Å². The molecular weight excluding hydrogens is 515 g/mol. The number of halogens is 2. The molecule has 1 unspecified atom stereocenters. The van der Waals surface area contributed by atoms with Crippen LogP contribution in [0.5, 0.6) is 5.75 Å². The Morgan fingerprint density at radius 1 is 1.00 bits per heavy atom. The molecule has 1 atom stereocenters. The van der Waals surface area contributed by atoms with Crippen LogP contribution < -0.4 is 10.1 Å². The predicted octanol–water partition coefficient (Wildman–Crippen LogP) is 6.74. The Hall–Kier alpha value is -3.00. The highest BCUT2D eigenvalue weighted by atomic mass is 35.5. The number of rotatable bonds is 9. The molecule has 0 radical (unpaired) electrons. The van der Waals surface area contributed by atoms with Gasteiger partial charge >= 0.3 is 0 Å². The van der Waals surface area contributed by atoms with Crippen molar-refractivity contribution in [3.63, 3.8) is 0 Å². The number of ether oxygens (including phenoxy) is 1. The van der Waals surface area contributed by atoms with Crippen LogP contribution in [0.4, 0.5) is 0 Å². The average molecular weight is 542 g/mol. The first kappa shape index (κ1) is 26.1. The number of aromatic nitrogens is 3. The summed E-state index contributed by atoms with van der Waals surface area (Å²) in [6.45, 7) is 5.84. The second kappa shape index (κ2) is 11.8. The summed E-state index contributed by atoms with van der Waals surface area (Å²) in [6.07, 6.45) is 0. The molecule has 0 fully saturated rings. The fraction of sp³-hybridized carbons (Fsp3) is 0.222. The molecule has 0 saturated carbocycles. The zero-order chi connectivity index (χ0) is 25.7. The third kappa shape index (κ3) is 6.40. The molecule has 0 aliphatic heterocycles. The van der Waals surface area contributed by atoms with Gasteiger partial charge in [-0.25, -0.2) is 0 Å². The van der Waals surface area contributed by atoms with Crippen LogP contribution in [0.15, 0.2) is 71.9 Å². The molecule has 1 amide bonds. The van der Waals surface area contributed by atoms with E-state index in [1.165, 1.54) is 11.1 Å². The van der Waals surface area contributed by atoms with Crippen LogP contribution in [0.2, 0.25) is 10.0 Å². The van der Waals surface area contributed by atoms with Gasteiger partial charge in [0.2, 0.25) is 0 Å². The summed E-state index contributed by atoms with van der Waals surface area (Å²) < 4.78 is 7.55. The normalized spacial score (nSPS) is 11.8. The molecule has 1 heterocycles. The van der Waals surface area contributed by atoms with Gasteiger partial charge in [0, 0.05) is 15.8 Å². The van der Waals surface area contributed by atoms with Crippen molar-refractivity contribution in [1.82, 2.24) is 20.1 Å². The molecule has 36 heavy (non-hydrogen) atoms. The zero-order valence-corrected chi connectivity index (χ0v) is 22.5. The maximum atomic E-state index is 12.6. The van der Waals surface area contributed by atoms with Crippen LogP contribution >= 0.6 is 35.0 Å². The van der Waals surface area contributed by atoms with Crippen LogP contribution in [0.25, 0.3) is 5.69 Å². The van der Waals surface area contributed by atoms with Gasteiger partial charge in [0.15, 0.2) is 17.6 Å². The number of aryl methyl sites for hydroxylation is 2. The van der Waals surface area contributed by atoms with E-state index in [2.05, 4.69) is 34.6 Å². The fourth-order valence-corrected chi connectivity index (χ4v) is 4.97. The Morgan fingerprint density at radius 2 is 1.72 bits per heavy atom. The summed E-state index contributed by atoms with van der Waals surface area (Å²) in [5.41, 5.74) is 4.33. The molecule has 4 aromatic rings. The molecule has 0 aliphatic carbocycles. The molecule has 6 nitrogen and oxygen atoms in total. The predicted molar refractivity (Wildman–Crippen MR) is 145 cm³/mol. The number of amides is 1. The van der Waals surface area contributed by atoms with Gasteiger partial charge in [-0.15, -0.1) is 10.2 Å². The summed E-state index contributed by atoms with van der Waals surface area (Å²) in [5.74, 6) is 1.63. The Labute approximate surface area is 225 Å². The molecule has 4 rings (SSSR count). The van der Waals surface area contributed by atoms with E-state index in [9.17, 15) is 4.79 Å². The molecule has 186 valence electrons. The Kier molecular flexibility index (Phi) is 8.56. The number of nitrogens with zero attached hydrogens (tertiary/aromatic N) is 3. The van der Waals surface area contributed by atoms with Gasteiger partial charge < -0.3 is 10.1 Å². The Morgan fingerprint density at radius 3 is 2.47 bits per heavy atom. The largest absolute Gasteiger partial charge is 0.484 e. The minimum absolute atomic E-state index is 0.134. The average Bonchev–Trinajstić information content (AvgIpc) is 3.28. The van der Waals surface area contributed by atoms with Crippen molar-refractivity contribution >= 4 is 40.9 Å². The van der Waals surface area contributed by atoms with Gasteiger partial charge in [-0.1, -0.05) is 65.3 Å². The highest BCUT2D eigenvalue weighted by Crippen LogP contribution is 2.31. The number of thioether (sulfide) groups is 1. The van der Waals surface area contributed by atoms with Crippen molar-refractivity contribution in [2.75, 3.05) is 6.61 Å². The van der Waals surface area contributed by atoms with E-state index >= 15 is 0 Å². The number of carbonyl (C=O) groups is 1. The topological polar surface area (TPSA) is 69.0 Å². The Balaban J connectivity index is 1.56. The molecule has 0 saturated heterocycles. The van der Waals surface area contributed by atoms with Crippen LogP contribution in [0.3, 0.4) is 0 Å². The highest BCUT2D eigenvalue weighted by molar-refractivity contribution is 7.98. The molecule has 0 spiro atoms. The lowest BCUT2D eigenvalue weighted by Crippen LogP contribution is -2.32. The minimum atomic E-state index is -0.426. The maximum absolute atomic E-state index is 12.6. The van der Waals surface area contributed by atoms with Crippen molar-refractivity contribution in [2.24, 2.45) is 0 Å². The summed E-state index contributed by atoms with van der Waals surface area (Å²) in [6, 6.07) is 20.4. The van der Waals surface area contributed by atoms with Crippen molar-refractivity contribution in [3.8, 4) is 11.4 Å². The van der Waals surface area contributed by atoms with Crippen LogP contribution in [-0.2, 0) is 10.5 Å². The monoisotopic (exact) mass is 540 g/mol. The van der Waals surface area contributed by atoms with Crippen LogP contribution in [0.1, 0.15) is 35.5 Å². The first-order valence-corrected chi connectivity index (χ1v) is 13.1. The molecule has 9 heteroatoms. The van der Waals surface area contributed by atoms with Gasteiger partial charge in [0.1, 0.15) is 5.75 Å². The van der Waals surface area contributed by atoms with E-state index in [1.807, 2.05) is 48.7 Å². The number of carbonyl (C=O) groups excluding carboxylic acids is 1. The summed E-state index contributed by atoms with van der Waals surface area (Å²) in [4.78, 5) is 12.6. The lowest BCUT2D eigenvalue weighted by Gasteiger charge is -2.18. The van der Waals surface area contributed by atoms with Gasteiger partial charge in [0.25, 0.3) is 5.91 Å². The van der Waals surface area contributed by atoms with Gasteiger partial charge in [0.05, 0.1) is 11.7 Å². The van der Waals surface area contributed by atoms with E-state index in [-0.39, 0.29) is 12.5 Å². The molecule has 1 N–H and O–H groups in total. The van der Waals surface area contributed by atoms with E-state index in [1.54, 1.807) is 36.0 Å². The zero-order valence-electron chi connectivity index (χ0n) is 20.2. The van der Waals surface area contributed by atoms with E-state index < -0.39 is 6.04 Å². The second-order valence-electron chi connectivity index (χ2n) is 8.35. The lowest BCUT2D eigenvalue weighted by molar-refractivity contribution is -0.123. The number of benzene rings is 3. The van der Waals surface area contributed by atoms with Gasteiger partial charge in [-0.3, -0.25) is 9.36 Å². The first-order valence-electron chi connectivity index (χ1n) is 11.4. The van der Waals surface area contributed by atoms with E-state index in [0.29, 0.717) is 21.6 Å². The third-order valence-corrected chi connectivity index (χ3v) is 7.10. The number of hydrogen-bond donors (Lipinski definition) is 1. The molecule has 0 aliphatic rings. The summed E-state index contributed by atoms with van der Waals surface area (Å²) in [7, 11) is 0. The quantitative estimate of drug-likeness (QED) is 0.238. The van der Waals surface area contributed by atoms with Crippen molar-refractivity contribution in [3.05, 3.63) is 99.3 Å². The smallest absolute Gasteiger partial charge is 0.258 e. The maximum Gasteiger partial charge on any atom is 0.258 e. The van der Waals surface area contributed by atoms with Gasteiger partial charge in [-0.2, -0.15) is 0 Å². The number of hydrogen-bond acceptors (Lipinski definition) is 5. The molecular formula is C27H26Cl2N4O2S. The molecule has 3 aromatic carbocycles. The summed E-state index contributed by atoms with van der Waals surface area (Å²) >= 11 is 13.8. The SMILES string of the molecule is Cc1ccccc1CSc1nnc(C(C)NC(=O)COc2ccc(Cl)cc2)n1-c1cc(Cl)ccc1C. The second-order valence-corrected chi connectivity index (χ2v) is 10.2. The highest BCUT2D eigenvalue weighted by Gasteiger charge is 2.22. The van der Waals surface area contributed by atoms with E-state index in [4.69, 9.17) is 27.9 Å². The standard InChI is InChI=1S/C27H26Cl2N4O2S/c1-17-6-4-5-7-20(17)16-36-27-32-31-26(33(27)24-14-22(29)9-8-18(24)2)19(3)30-25(34)15-35-23-12-10-21(28)11-13-23/h4-14,19H,15-16H2,1-3H3,(H,30,34). The molecule has 0 bridgehead atoms. The van der Waals surface area contributed by atoms with Crippen LogP contribution in [-0.4, -0.2) is 27.3 Å². The number of nitrogens with one attached hydrogen (secondary N) is 1. The van der Waals surface area contributed by atoms with E-state index in [0.717, 1.165) is 22.2 Å². The summed E-state index contributed by atoms with van der Waals surface area (Å²) in [5, 5.41) is 13.8.